The Morgan fingerprint density at radius 1 is 1.22 bits per heavy atom. The van der Waals surface area contributed by atoms with E-state index in [0.717, 1.165) is 23.2 Å². The van der Waals surface area contributed by atoms with E-state index in [-0.39, 0.29) is 11.3 Å². The molecule has 36 heavy (non-hydrogen) atoms. The second kappa shape index (κ2) is 9.98. The number of carbonyl (C=O) groups excluding carboxylic acids is 1. The van der Waals surface area contributed by atoms with Crippen molar-refractivity contribution in [2.45, 2.75) is 37.8 Å². The van der Waals surface area contributed by atoms with E-state index in [1.165, 1.54) is 25.2 Å². The van der Waals surface area contributed by atoms with Gasteiger partial charge in [-0.05, 0) is 37.6 Å². The second-order valence-corrected chi connectivity index (χ2v) is 12.8. The smallest absolute Gasteiger partial charge is 0.254 e. The van der Waals surface area contributed by atoms with Gasteiger partial charge in [-0.2, -0.15) is 0 Å². The van der Waals surface area contributed by atoms with Gasteiger partial charge in [0, 0.05) is 57.4 Å². The van der Waals surface area contributed by atoms with Crippen molar-refractivity contribution in [1.82, 2.24) is 19.2 Å². The highest BCUT2D eigenvalue weighted by molar-refractivity contribution is 7.92. The number of allylic oxidation sites excluding steroid dienone is 4. The Bertz CT molecular complexity index is 1340. The van der Waals surface area contributed by atoms with E-state index in [1.807, 2.05) is 16.6 Å². The van der Waals surface area contributed by atoms with Crippen molar-refractivity contribution in [3.05, 3.63) is 46.9 Å². The minimum atomic E-state index is -3.44. The average Bonchev–Trinajstić information content (AvgIpc) is 3.14. The number of fused-ring (bicyclic) bond motifs is 1. The number of aromatic nitrogens is 2. The number of alkyl halides is 1. The lowest BCUT2D eigenvalue weighted by Crippen LogP contribution is -2.53. The number of hydrogen-bond donors (Lipinski definition) is 1. The van der Waals surface area contributed by atoms with Crippen molar-refractivity contribution in [3.63, 3.8) is 0 Å². The summed E-state index contributed by atoms with van der Waals surface area (Å²) in [6.07, 6.45) is 7.15. The molecule has 2 aromatic heterocycles. The molecule has 4 rings (SSSR count). The summed E-state index contributed by atoms with van der Waals surface area (Å²) in [5, 5.41) is 10.4. The summed E-state index contributed by atoms with van der Waals surface area (Å²) >= 11 is 12.9. The Hall–Kier alpha value is -2.11. The Morgan fingerprint density at radius 3 is 2.47 bits per heavy atom. The van der Waals surface area contributed by atoms with Crippen LogP contribution in [0, 0.1) is 0 Å². The first-order chi connectivity index (χ1) is 16.8. The molecule has 0 aromatic carbocycles. The molecule has 0 saturated carbocycles. The van der Waals surface area contributed by atoms with Gasteiger partial charge in [-0.1, -0.05) is 17.7 Å². The molecule has 1 aliphatic carbocycles. The Balaban J connectivity index is 1.71. The quantitative estimate of drug-likeness (QED) is 0.550. The first-order valence-electron chi connectivity index (χ1n) is 11.7. The van der Waals surface area contributed by atoms with Gasteiger partial charge in [-0.25, -0.2) is 13.4 Å². The summed E-state index contributed by atoms with van der Waals surface area (Å²) in [5.74, 6) is -0.285. The Morgan fingerprint density at radius 2 is 1.89 bits per heavy atom. The van der Waals surface area contributed by atoms with Crippen LogP contribution in [0.1, 0.15) is 31.7 Å². The number of nitrogens with zero attached hydrogens (tertiary/aromatic N) is 5. The first kappa shape index (κ1) is 26.9. The predicted molar refractivity (Wildman–Crippen MR) is 143 cm³/mol. The monoisotopic (exact) mass is 555 g/mol. The molecular formula is C24H31Cl2N5O4S. The van der Waals surface area contributed by atoms with Crippen molar-refractivity contribution in [2.75, 3.05) is 43.8 Å². The molecule has 0 radical (unpaired) electrons. The van der Waals surface area contributed by atoms with Gasteiger partial charge in [0.15, 0.2) is 0 Å². The number of amides is 1. The molecule has 1 amide bonds. The van der Waals surface area contributed by atoms with E-state index < -0.39 is 15.6 Å². The number of rotatable bonds is 6. The van der Waals surface area contributed by atoms with Crippen LogP contribution < -0.4 is 4.31 Å². The summed E-state index contributed by atoms with van der Waals surface area (Å²) in [6.45, 7) is 5.74. The second-order valence-electron chi connectivity index (χ2n) is 9.79. The van der Waals surface area contributed by atoms with Crippen LogP contribution >= 0.6 is 23.2 Å². The van der Waals surface area contributed by atoms with Crippen LogP contribution in [0.2, 0.25) is 0 Å². The number of imidazole rings is 1. The zero-order valence-corrected chi connectivity index (χ0v) is 23.1. The summed E-state index contributed by atoms with van der Waals surface area (Å²) in [7, 11) is -1.93. The highest BCUT2D eigenvalue weighted by Crippen LogP contribution is 2.35. The predicted octanol–water partition coefficient (Wildman–Crippen LogP) is 2.66. The topological polar surface area (TPSA) is 98.5 Å². The minimum Gasteiger partial charge on any atom is -0.381 e. The third-order valence-corrected chi connectivity index (χ3v) is 8.42. The van der Waals surface area contributed by atoms with Crippen LogP contribution in [0.15, 0.2) is 35.5 Å². The number of aliphatic hydroxyl groups is 1. The standard InChI is InChI=1S/C24H31Cl2N5O4S/c1-24(2,33)23(32)30-11-9-29(10-12-30)15-20-22(18-7-5-16(25)13-19(18)26)27-21-8-6-17(14-31(20)21)28(3)36(4,34)35/h5-8,14,19,33H,9-13,15H2,1-4H3. The van der Waals surface area contributed by atoms with Gasteiger partial charge < -0.3 is 10.0 Å². The largest absolute Gasteiger partial charge is 0.381 e. The number of pyridine rings is 1. The molecule has 2 aliphatic rings. The number of anilines is 1. The summed E-state index contributed by atoms with van der Waals surface area (Å²) < 4.78 is 27.4. The van der Waals surface area contributed by atoms with Gasteiger partial charge in [0.05, 0.1) is 28.7 Å². The molecule has 9 nitrogen and oxygen atoms in total. The van der Waals surface area contributed by atoms with Crippen LogP contribution in [0.25, 0.3) is 11.2 Å². The van der Waals surface area contributed by atoms with E-state index in [4.69, 9.17) is 28.2 Å². The molecule has 196 valence electrons. The van der Waals surface area contributed by atoms with Crippen molar-refractivity contribution < 1.29 is 18.3 Å². The van der Waals surface area contributed by atoms with E-state index in [1.54, 1.807) is 23.2 Å². The van der Waals surface area contributed by atoms with E-state index in [0.29, 0.717) is 55.5 Å². The maximum atomic E-state index is 12.5. The van der Waals surface area contributed by atoms with Gasteiger partial charge >= 0.3 is 0 Å². The molecule has 1 saturated heterocycles. The van der Waals surface area contributed by atoms with E-state index >= 15 is 0 Å². The lowest BCUT2D eigenvalue weighted by molar-refractivity contribution is -0.149. The van der Waals surface area contributed by atoms with Crippen molar-refractivity contribution in [2.24, 2.45) is 0 Å². The first-order valence-corrected chi connectivity index (χ1v) is 14.3. The molecular weight excluding hydrogens is 525 g/mol. The fraction of sp³-hybridized carbons (Fsp3) is 0.500. The zero-order chi connectivity index (χ0) is 26.4. The number of hydrogen-bond acceptors (Lipinski definition) is 6. The highest BCUT2D eigenvalue weighted by Gasteiger charge is 2.32. The number of sulfonamides is 1. The van der Waals surface area contributed by atoms with E-state index in [2.05, 4.69) is 4.90 Å². The fourth-order valence-electron chi connectivity index (χ4n) is 4.41. The van der Waals surface area contributed by atoms with Gasteiger partial charge in [-0.15, -0.1) is 11.6 Å². The number of piperazine rings is 1. The maximum Gasteiger partial charge on any atom is 0.254 e. The number of halogens is 2. The van der Waals surface area contributed by atoms with Crippen LogP contribution in [0.4, 0.5) is 5.69 Å². The fourth-order valence-corrected chi connectivity index (χ4v) is 5.54. The van der Waals surface area contributed by atoms with Crippen molar-refractivity contribution >= 4 is 56.0 Å². The summed E-state index contributed by atoms with van der Waals surface area (Å²) in [6, 6.07) is 3.52. The zero-order valence-electron chi connectivity index (χ0n) is 20.8. The van der Waals surface area contributed by atoms with Crippen LogP contribution in [-0.4, -0.2) is 89.1 Å². The van der Waals surface area contributed by atoms with Gasteiger partial charge in [0.25, 0.3) is 5.91 Å². The Labute approximate surface area is 221 Å². The molecule has 0 spiro atoms. The maximum absolute atomic E-state index is 12.5. The molecule has 1 aliphatic heterocycles. The molecule has 12 heteroatoms. The highest BCUT2D eigenvalue weighted by atomic mass is 35.5. The summed E-state index contributed by atoms with van der Waals surface area (Å²) in [5.41, 5.74) is 2.25. The SMILES string of the molecule is CN(c1ccc2nc(C3=CC=C(Cl)CC3Cl)c(CN3CCN(C(=O)C(C)(C)O)CC3)n2c1)S(C)(=O)=O. The lowest BCUT2D eigenvalue weighted by Gasteiger charge is -2.37. The van der Waals surface area contributed by atoms with Crippen LogP contribution in [0.5, 0.6) is 0 Å². The van der Waals surface area contributed by atoms with Crippen molar-refractivity contribution in [1.29, 1.82) is 0 Å². The van der Waals surface area contributed by atoms with Crippen molar-refractivity contribution in [3.8, 4) is 0 Å². The molecule has 1 fully saturated rings. The van der Waals surface area contributed by atoms with E-state index in [9.17, 15) is 18.3 Å². The van der Waals surface area contributed by atoms with Gasteiger partial charge in [0.2, 0.25) is 10.0 Å². The van der Waals surface area contributed by atoms with Crippen LogP contribution in [-0.2, 0) is 21.4 Å². The van der Waals surface area contributed by atoms with Crippen LogP contribution in [0.3, 0.4) is 0 Å². The third-order valence-electron chi connectivity index (χ3n) is 6.55. The molecule has 1 atom stereocenters. The minimum absolute atomic E-state index is 0.285. The molecule has 3 heterocycles. The molecule has 1 unspecified atom stereocenters. The average molecular weight is 557 g/mol. The van der Waals surface area contributed by atoms with Gasteiger partial charge in [-0.3, -0.25) is 18.4 Å². The number of carbonyl (C=O) groups is 1. The molecule has 0 bridgehead atoms. The molecule has 1 N–H and O–H groups in total. The normalized spacial score (nSPS) is 19.9. The van der Waals surface area contributed by atoms with Gasteiger partial charge in [0.1, 0.15) is 11.2 Å². The summed E-state index contributed by atoms with van der Waals surface area (Å²) in [4.78, 5) is 21.2. The third kappa shape index (κ3) is 5.57. The lowest BCUT2D eigenvalue weighted by atomic mass is 9.99. The molecule has 2 aromatic rings. The Kier molecular flexibility index (Phi) is 7.47.